The zero-order valence-corrected chi connectivity index (χ0v) is 12.9. The number of rotatable bonds is 3. The molecule has 1 aliphatic heterocycles. The number of nitrogens with one attached hydrogen (secondary N) is 1. The Bertz CT molecular complexity index is 521. The third-order valence-corrected chi connectivity index (χ3v) is 4.66. The summed E-state index contributed by atoms with van der Waals surface area (Å²) >= 11 is 3.48. The first-order valence-corrected chi connectivity index (χ1v) is 7.91. The standard InChI is InChI=1S/C15H19BrN2O2/c16-10-2-4-12-9(7-10)1-5-13(12)18-15(19)14-6-3-11(8-17)20-14/h2,4,7,11,13-14H,1,3,5-6,8,17H2,(H,18,19)/t11-,13?,14+/m1/s1. The summed E-state index contributed by atoms with van der Waals surface area (Å²) in [6, 6.07) is 6.37. The average Bonchev–Trinajstić information content (AvgIpc) is 3.05. The minimum atomic E-state index is -0.331. The quantitative estimate of drug-likeness (QED) is 0.886. The van der Waals surface area contributed by atoms with Crippen molar-refractivity contribution in [3.05, 3.63) is 33.8 Å². The normalized spacial score (nSPS) is 28.4. The Morgan fingerprint density at radius 3 is 3.00 bits per heavy atom. The fourth-order valence-corrected chi connectivity index (χ4v) is 3.48. The molecule has 1 aromatic rings. The monoisotopic (exact) mass is 338 g/mol. The molecule has 0 saturated carbocycles. The number of hydrogen-bond donors (Lipinski definition) is 2. The lowest BCUT2D eigenvalue weighted by atomic mass is 10.1. The molecule has 5 heteroatoms. The number of hydrogen-bond acceptors (Lipinski definition) is 3. The Morgan fingerprint density at radius 2 is 2.25 bits per heavy atom. The van der Waals surface area contributed by atoms with Crippen LogP contribution in [-0.4, -0.2) is 24.7 Å². The first kappa shape index (κ1) is 14.0. The maximum Gasteiger partial charge on any atom is 0.249 e. The van der Waals surface area contributed by atoms with Crippen LogP contribution >= 0.6 is 15.9 Å². The van der Waals surface area contributed by atoms with Gasteiger partial charge in [0.25, 0.3) is 0 Å². The van der Waals surface area contributed by atoms with Gasteiger partial charge in [-0.3, -0.25) is 4.79 Å². The van der Waals surface area contributed by atoms with Gasteiger partial charge in [0.1, 0.15) is 6.10 Å². The Balaban J connectivity index is 1.64. The summed E-state index contributed by atoms with van der Waals surface area (Å²) in [5.74, 6) is 0.00159. The lowest BCUT2D eigenvalue weighted by Crippen LogP contribution is -2.37. The van der Waals surface area contributed by atoms with E-state index in [0.717, 1.165) is 30.2 Å². The number of amides is 1. The van der Waals surface area contributed by atoms with Crippen LogP contribution in [0.25, 0.3) is 0 Å². The van der Waals surface area contributed by atoms with E-state index >= 15 is 0 Å². The van der Waals surface area contributed by atoms with Crippen molar-refractivity contribution in [2.24, 2.45) is 5.73 Å². The highest BCUT2D eigenvalue weighted by Crippen LogP contribution is 2.33. The SMILES string of the molecule is NC[C@H]1CC[C@@H](C(=O)NC2CCc3cc(Br)ccc32)O1. The van der Waals surface area contributed by atoms with Gasteiger partial charge in [-0.1, -0.05) is 22.0 Å². The van der Waals surface area contributed by atoms with E-state index in [-0.39, 0.29) is 24.2 Å². The smallest absolute Gasteiger partial charge is 0.249 e. The topological polar surface area (TPSA) is 64.4 Å². The number of fused-ring (bicyclic) bond motifs is 1. The minimum Gasteiger partial charge on any atom is -0.364 e. The Hall–Kier alpha value is -0.910. The van der Waals surface area contributed by atoms with E-state index < -0.39 is 0 Å². The second-order valence-corrected chi connectivity index (χ2v) is 6.42. The summed E-state index contributed by atoms with van der Waals surface area (Å²) in [7, 11) is 0. The number of nitrogens with two attached hydrogens (primary N) is 1. The molecule has 1 heterocycles. The predicted molar refractivity (Wildman–Crippen MR) is 80.3 cm³/mol. The molecule has 0 spiro atoms. The fourth-order valence-electron chi connectivity index (χ4n) is 3.07. The number of aryl methyl sites for hydroxylation is 1. The van der Waals surface area contributed by atoms with E-state index in [4.69, 9.17) is 10.5 Å². The van der Waals surface area contributed by atoms with Gasteiger partial charge < -0.3 is 15.8 Å². The third kappa shape index (κ3) is 2.75. The van der Waals surface area contributed by atoms with E-state index in [2.05, 4.69) is 33.4 Å². The maximum atomic E-state index is 12.3. The second-order valence-electron chi connectivity index (χ2n) is 5.50. The van der Waals surface area contributed by atoms with Gasteiger partial charge in [0.15, 0.2) is 0 Å². The van der Waals surface area contributed by atoms with Gasteiger partial charge in [-0.05, 0) is 48.9 Å². The van der Waals surface area contributed by atoms with Crippen LogP contribution in [0.15, 0.2) is 22.7 Å². The third-order valence-electron chi connectivity index (χ3n) is 4.16. The summed E-state index contributed by atoms with van der Waals surface area (Å²) in [5, 5.41) is 3.12. The highest BCUT2D eigenvalue weighted by Gasteiger charge is 2.32. The molecule has 3 rings (SSSR count). The molecular weight excluding hydrogens is 320 g/mol. The summed E-state index contributed by atoms with van der Waals surface area (Å²) < 4.78 is 6.74. The molecule has 4 nitrogen and oxygen atoms in total. The van der Waals surface area contributed by atoms with Crippen molar-refractivity contribution in [2.75, 3.05) is 6.54 Å². The minimum absolute atomic E-state index is 0.00159. The zero-order valence-electron chi connectivity index (χ0n) is 11.3. The molecule has 0 aromatic heterocycles. The van der Waals surface area contributed by atoms with Crippen molar-refractivity contribution in [3.63, 3.8) is 0 Å². The van der Waals surface area contributed by atoms with E-state index in [9.17, 15) is 4.79 Å². The Kier molecular flexibility index (Phi) is 4.10. The molecular formula is C15H19BrN2O2. The molecule has 1 unspecified atom stereocenters. The van der Waals surface area contributed by atoms with Crippen LogP contribution in [0.2, 0.25) is 0 Å². The van der Waals surface area contributed by atoms with Gasteiger partial charge in [0, 0.05) is 11.0 Å². The molecule has 3 atom stereocenters. The largest absolute Gasteiger partial charge is 0.364 e. The van der Waals surface area contributed by atoms with Crippen LogP contribution in [0.3, 0.4) is 0 Å². The molecule has 0 radical (unpaired) electrons. The van der Waals surface area contributed by atoms with Gasteiger partial charge in [-0.2, -0.15) is 0 Å². The summed E-state index contributed by atoms with van der Waals surface area (Å²) in [4.78, 5) is 12.3. The van der Waals surface area contributed by atoms with Crippen LogP contribution < -0.4 is 11.1 Å². The molecule has 1 aliphatic carbocycles. The van der Waals surface area contributed by atoms with E-state index in [1.807, 2.05) is 6.07 Å². The van der Waals surface area contributed by atoms with Crippen LogP contribution in [0, 0.1) is 0 Å². The van der Waals surface area contributed by atoms with Crippen LogP contribution in [0.1, 0.15) is 36.4 Å². The highest BCUT2D eigenvalue weighted by molar-refractivity contribution is 9.10. The van der Waals surface area contributed by atoms with Gasteiger partial charge in [0.05, 0.1) is 12.1 Å². The molecule has 1 amide bonds. The molecule has 2 aliphatic rings. The van der Waals surface area contributed by atoms with Crippen molar-refractivity contribution >= 4 is 21.8 Å². The number of carbonyl (C=O) groups excluding carboxylic acids is 1. The second kappa shape index (κ2) is 5.84. The van der Waals surface area contributed by atoms with E-state index in [0.29, 0.717) is 6.54 Å². The van der Waals surface area contributed by atoms with Gasteiger partial charge >= 0.3 is 0 Å². The molecule has 1 aromatic carbocycles. The molecule has 108 valence electrons. The Labute approximate surface area is 127 Å². The summed E-state index contributed by atoms with van der Waals surface area (Å²) in [6.45, 7) is 0.490. The summed E-state index contributed by atoms with van der Waals surface area (Å²) in [6.07, 6.45) is 3.33. The van der Waals surface area contributed by atoms with Crippen molar-refractivity contribution in [1.29, 1.82) is 0 Å². The first-order valence-electron chi connectivity index (χ1n) is 7.11. The van der Waals surface area contributed by atoms with Crippen LogP contribution in [0.4, 0.5) is 0 Å². The maximum absolute atomic E-state index is 12.3. The molecule has 3 N–H and O–H groups in total. The molecule has 20 heavy (non-hydrogen) atoms. The van der Waals surface area contributed by atoms with E-state index in [1.165, 1.54) is 11.1 Å². The van der Waals surface area contributed by atoms with E-state index in [1.54, 1.807) is 0 Å². The van der Waals surface area contributed by atoms with Crippen LogP contribution in [0.5, 0.6) is 0 Å². The predicted octanol–water partition coefficient (Wildman–Crippen LogP) is 2.06. The lowest BCUT2D eigenvalue weighted by Gasteiger charge is -2.18. The number of carbonyl (C=O) groups is 1. The van der Waals surface area contributed by atoms with Crippen molar-refractivity contribution < 1.29 is 9.53 Å². The lowest BCUT2D eigenvalue weighted by molar-refractivity contribution is -0.132. The number of ether oxygens (including phenoxy) is 1. The number of benzene rings is 1. The van der Waals surface area contributed by atoms with Crippen LogP contribution in [-0.2, 0) is 16.0 Å². The number of halogens is 1. The van der Waals surface area contributed by atoms with Crippen molar-refractivity contribution in [1.82, 2.24) is 5.32 Å². The fraction of sp³-hybridized carbons (Fsp3) is 0.533. The van der Waals surface area contributed by atoms with Crippen molar-refractivity contribution in [2.45, 2.75) is 43.9 Å². The van der Waals surface area contributed by atoms with Crippen molar-refractivity contribution in [3.8, 4) is 0 Å². The summed E-state index contributed by atoms with van der Waals surface area (Å²) in [5.41, 5.74) is 8.12. The Morgan fingerprint density at radius 1 is 1.40 bits per heavy atom. The zero-order chi connectivity index (χ0) is 14.1. The van der Waals surface area contributed by atoms with Gasteiger partial charge in [-0.25, -0.2) is 0 Å². The molecule has 1 fully saturated rings. The average molecular weight is 339 g/mol. The highest BCUT2D eigenvalue weighted by atomic mass is 79.9. The molecule has 1 saturated heterocycles. The molecule has 0 bridgehead atoms. The van der Waals surface area contributed by atoms with Gasteiger partial charge in [-0.15, -0.1) is 0 Å². The first-order chi connectivity index (χ1) is 9.67. The van der Waals surface area contributed by atoms with Gasteiger partial charge in [0.2, 0.25) is 5.91 Å².